The molecule has 0 spiro atoms. The van der Waals surface area contributed by atoms with Crippen LogP contribution in [0.5, 0.6) is 0 Å². The highest BCUT2D eigenvalue weighted by Crippen LogP contribution is 2.33. The van der Waals surface area contributed by atoms with Crippen molar-refractivity contribution >= 4 is 52.0 Å². The van der Waals surface area contributed by atoms with Gasteiger partial charge in [0.1, 0.15) is 16.6 Å². The average Bonchev–Trinajstić information content (AvgIpc) is 3.39. The van der Waals surface area contributed by atoms with Crippen molar-refractivity contribution in [3.05, 3.63) is 56.6 Å². The number of nitrogen functional groups attached to an aromatic ring is 1. The molecule has 4 heterocycles. The highest BCUT2D eigenvalue weighted by Gasteiger charge is 2.25. The summed E-state index contributed by atoms with van der Waals surface area (Å²) in [5.74, 6) is 1.56. The molecule has 3 aromatic heterocycles. The molecule has 0 amide bonds. The van der Waals surface area contributed by atoms with Gasteiger partial charge in [0.05, 0.1) is 15.7 Å². The van der Waals surface area contributed by atoms with Crippen LogP contribution in [0.25, 0.3) is 16.9 Å². The van der Waals surface area contributed by atoms with E-state index in [4.69, 9.17) is 39.2 Å². The number of nitrogens with zero attached hydrogens (tertiary/aromatic N) is 6. The van der Waals surface area contributed by atoms with Gasteiger partial charge in [-0.05, 0) is 37.0 Å². The number of rotatable bonds is 4. The second kappa shape index (κ2) is 8.58. The van der Waals surface area contributed by atoms with Gasteiger partial charge in [0.15, 0.2) is 5.82 Å². The van der Waals surface area contributed by atoms with Crippen LogP contribution in [0.1, 0.15) is 22.7 Å². The molecule has 7 nitrogen and oxygen atoms in total. The highest BCUT2D eigenvalue weighted by atomic mass is 35.5. The first kappa shape index (κ1) is 21.0. The number of nitriles is 1. The number of anilines is 2. The summed E-state index contributed by atoms with van der Waals surface area (Å²) < 4.78 is 2.00. The monoisotopic (exact) mass is 483 g/mol. The largest absolute Gasteiger partial charge is 0.382 e. The van der Waals surface area contributed by atoms with Crippen molar-refractivity contribution in [2.45, 2.75) is 19.3 Å². The Hall–Kier alpha value is -2.86. The molecule has 2 N–H and O–H groups in total. The Balaban J connectivity index is 1.46. The highest BCUT2D eigenvalue weighted by molar-refractivity contribution is 7.12. The van der Waals surface area contributed by atoms with Crippen LogP contribution in [0.4, 0.5) is 11.8 Å². The SMILES string of the molecule is N#Cc1sc(CC2CCCN(c3nc(-c4ccc(Cl)cc4Cl)cc4nccn34)C2)nc1N. The molecule has 1 aromatic carbocycles. The van der Waals surface area contributed by atoms with Crippen LogP contribution >= 0.6 is 34.5 Å². The third-order valence-electron chi connectivity index (χ3n) is 5.64. The molecule has 1 aliphatic rings. The number of imidazole rings is 1. The maximum Gasteiger partial charge on any atom is 0.211 e. The Morgan fingerprint density at radius 2 is 2.12 bits per heavy atom. The molecule has 0 radical (unpaired) electrons. The molecule has 0 saturated carbocycles. The van der Waals surface area contributed by atoms with Crippen molar-refractivity contribution in [1.82, 2.24) is 19.4 Å². The molecule has 32 heavy (non-hydrogen) atoms. The number of fused-ring (bicyclic) bond motifs is 1. The first-order valence-corrected chi connectivity index (χ1v) is 11.8. The zero-order chi connectivity index (χ0) is 22.2. The predicted octanol–water partition coefficient (Wildman–Crippen LogP) is 5.07. The van der Waals surface area contributed by atoms with E-state index in [-0.39, 0.29) is 0 Å². The van der Waals surface area contributed by atoms with Crippen LogP contribution < -0.4 is 10.6 Å². The Morgan fingerprint density at radius 3 is 2.91 bits per heavy atom. The summed E-state index contributed by atoms with van der Waals surface area (Å²) >= 11 is 13.9. The molecule has 5 rings (SSSR count). The summed E-state index contributed by atoms with van der Waals surface area (Å²) in [6.07, 6.45) is 6.63. The molecule has 1 saturated heterocycles. The summed E-state index contributed by atoms with van der Waals surface area (Å²) in [6, 6.07) is 9.47. The first-order chi connectivity index (χ1) is 15.5. The van der Waals surface area contributed by atoms with Crippen molar-refractivity contribution in [2.75, 3.05) is 23.7 Å². The fourth-order valence-corrected chi connectivity index (χ4v) is 5.57. The number of benzene rings is 1. The predicted molar refractivity (Wildman–Crippen MR) is 128 cm³/mol. The number of thiazole rings is 1. The standard InChI is InChI=1S/C22H19Cl2N7S/c23-14-3-4-15(16(24)9-14)17-10-19-27-5-7-31(19)22(28-17)30-6-1-2-13(12-30)8-20-29-21(26)18(11-25)32-20/h3-5,7,9-10,13H,1-2,6,8,12,26H2. The third kappa shape index (κ3) is 3.99. The van der Waals surface area contributed by atoms with Gasteiger partial charge in [-0.1, -0.05) is 23.2 Å². The van der Waals surface area contributed by atoms with Crippen molar-refractivity contribution in [3.63, 3.8) is 0 Å². The maximum atomic E-state index is 9.16. The lowest BCUT2D eigenvalue weighted by atomic mass is 9.95. The minimum Gasteiger partial charge on any atom is -0.382 e. The van der Waals surface area contributed by atoms with Crippen LogP contribution in [0.15, 0.2) is 36.7 Å². The van der Waals surface area contributed by atoms with Crippen LogP contribution in [0.2, 0.25) is 10.0 Å². The molecule has 1 unspecified atom stereocenters. The van der Waals surface area contributed by atoms with Gasteiger partial charge in [-0.3, -0.25) is 4.40 Å². The molecule has 0 bridgehead atoms. The maximum absolute atomic E-state index is 9.16. The summed E-state index contributed by atoms with van der Waals surface area (Å²) in [5, 5.41) is 11.2. The molecule has 1 aliphatic heterocycles. The van der Waals surface area contributed by atoms with Crippen molar-refractivity contribution in [3.8, 4) is 17.3 Å². The Kier molecular flexibility index (Phi) is 5.64. The molecular formula is C22H19Cl2N7S. The lowest BCUT2D eigenvalue weighted by Gasteiger charge is -2.33. The van der Waals surface area contributed by atoms with Crippen molar-refractivity contribution in [2.24, 2.45) is 5.92 Å². The fourth-order valence-electron chi connectivity index (χ4n) is 4.17. The molecule has 10 heteroatoms. The van der Waals surface area contributed by atoms with E-state index in [2.05, 4.69) is 20.9 Å². The minimum absolute atomic E-state index is 0.328. The number of hydrogen-bond acceptors (Lipinski definition) is 7. The van der Waals surface area contributed by atoms with Crippen molar-refractivity contribution < 1.29 is 0 Å². The van der Waals surface area contributed by atoms with Gasteiger partial charge in [0.2, 0.25) is 5.95 Å². The first-order valence-electron chi connectivity index (χ1n) is 10.2. The topological polar surface area (TPSA) is 96.1 Å². The number of nitrogens with two attached hydrogens (primary N) is 1. The van der Waals surface area contributed by atoms with E-state index in [0.717, 1.165) is 60.2 Å². The average molecular weight is 484 g/mol. The van der Waals surface area contributed by atoms with Crippen molar-refractivity contribution in [1.29, 1.82) is 5.26 Å². The smallest absolute Gasteiger partial charge is 0.211 e. The van der Waals surface area contributed by atoms with Gasteiger partial charge in [0, 0.05) is 48.6 Å². The third-order valence-corrected chi connectivity index (χ3v) is 7.19. The lowest BCUT2D eigenvalue weighted by molar-refractivity contribution is 0.408. The Bertz CT molecular complexity index is 1340. The van der Waals surface area contributed by atoms with E-state index in [1.165, 1.54) is 11.3 Å². The molecular weight excluding hydrogens is 465 g/mol. The van der Waals surface area contributed by atoms with Gasteiger partial charge in [0.25, 0.3) is 0 Å². The molecule has 162 valence electrons. The van der Waals surface area contributed by atoms with Gasteiger partial charge in [-0.2, -0.15) is 5.26 Å². The number of hydrogen-bond donors (Lipinski definition) is 1. The van der Waals surface area contributed by atoms with E-state index in [0.29, 0.717) is 26.7 Å². The second-order valence-corrected chi connectivity index (χ2v) is 9.74. The van der Waals surface area contributed by atoms with Gasteiger partial charge in [-0.15, -0.1) is 11.3 Å². The van der Waals surface area contributed by atoms with Gasteiger partial charge < -0.3 is 10.6 Å². The zero-order valence-corrected chi connectivity index (χ0v) is 19.3. The van der Waals surface area contributed by atoms with Crippen LogP contribution in [0.3, 0.4) is 0 Å². The van der Waals surface area contributed by atoms with Crippen LogP contribution in [-0.2, 0) is 6.42 Å². The van der Waals surface area contributed by atoms with E-state index in [1.54, 1.807) is 12.3 Å². The van der Waals surface area contributed by atoms with Gasteiger partial charge in [-0.25, -0.2) is 15.0 Å². The van der Waals surface area contributed by atoms with Crippen LogP contribution in [-0.4, -0.2) is 32.4 Å². The molecule has 0 aliphatic carbocycles. The van der Waals surface area contributed by atoms with E-state index in [9.17, 15) is 0 Å². The fraction of sp³-hybridized carbons (Fsp3) is 0.273. The molecule has 4 aromatic rings. The lowest BCUT2D eigenvalue weighted by Crippen LogP contribution is -2.38. The van der Waals surface area contributed by atoms with E-state index in [1.807, 2.05) is 28.8 Å². The minimum atomic E-state index is 0.328. The zero-order valence-electron chi connectivity index (χ0n) is 17.0. The Morgan fingerprint density at radius 1 is 1.25 bits per heavy atom. The number of aromatic nitrogens is 4. The normalized spacial score (nSPS) is 16.4. The van der Waals surface area contributed by atoms with Crippen LogP contribution in [0, 0.1) is 17.2 Å². The van der Waals surface area contributed by atoms with E-state index < -0.39 is 0 Å². The molecule has 1 atom stereocenters. The van der Waals surface area contributed by atoms with E-state index >= 15 is 0 Å². The number of halogens is 2. The Labute approximate surface area is 199 Å². The summed E-state index contributed by atoms with van der Waals surface area (Å²) in [4.78, 5) is 16.6. The summed E-state index contributed by atoms with van der Waals surface area (Å²) in [5.41, 5.74) is 8.23. The van der Waals surface area contributed by atoms with Gasteiger partial charge >= 0.3 is 0 Å². The summed E-state index contributed by atoms with van der Waals surface area (Å²) in [6.45, 7) is 1.73. The quantitative estimate of drug-likeness (QED) is 0.434. The summed E-state index contributed by atoms with van der Waals surface area (Å²) in [7, 11) is 0. The second-order valence-electron chi connectivity index (χ2n) is 7.81. The molecule has 1 fully saturated rings. The number of piperidine rings is 1.